The van der Waals surface area contributed by atoms with Crippen LogP contribution in [0.3, 0.4) is 0 Å². The Morgan fingerprint density at radius 1 is 1.16 bits per heavy atom. The van der Waals surface area contributed by atoms with Gasteiger partial charge in [0.25, 0.3) is 0 Å². The molecule has 1 unspecified atom stereocenters. The second-order valence-corrected chi connectivity index (χ2v) is 8.83. The zero-order valence-electron chi connectivity index (χ0n) is 16.8. The lowest BCUT2D eigenvalue weighted by molar-refractivity contribution is -0.137. The lowest BCUT2D eigenvalue weighted by atomic mass is 9.93. The van der Waals surface area contributed by atoms with Gasteiger partial charge in [0.1, 0.15) is 11.2 Å². The molecular weight excluding hydrogens is 437 g/mol. The van der Waals surface area contributed by atoms with Gasteiger partial charge >= 0.3 is 6.18 Å². The third kappa shape index (κ3) is 3.57. The second kappa shape index (κ2) is 7.46. The molecule has 1 aliphatic carbocycles. The van der Waals surface area contributed by atoms with Crippen molar-refractivity contribution in [1.82, 2.24) is 0 Å². The molecule has 1 atom stereocenters. The van der Waals surface area contributed by atoms with Crippen LogP contribution < -0.4 is 16.0 Å². The fraction of sp³-hybridized carbons (Fsp3) is 0.217. The molecule has 2 aliphatic rings. The van der Waals surface area contributed by atoms with E-state index in [1.54, 1.807) is 24.5 Å². The average Bonchev–Trinajstić information content (AvgIpc) is 3.45. The molecule has 1 fully saturated rings. The Labute approximate surface area is 186 Å². The third-order valence-corrected chi connectivity index (χ3v) is 6.78. The van der Waals surface area contributed by atoms with E-state index in [0.29, 0.717) is 24.1 Å². The summed E-state index contributed by atoms with van der Waals surface area (Å²) in [6.07, 6.45) is -2.09. The summed E-state index contributed by atoms with van der Waals surface area (Å²) in [4.78, 5) is 19.2. The predicted octanol–water partition coefficient (Wildman–Crippen LogP) is 5.57. The summed E-state index contributed by atoms with van der Waals surface area (Å²) in [5, 5.41) is 5.69. The second-order valence-electron chi connectivity index (χ2n) is 7.94. The Hall–Kier alpha value is -3.17. The maximum atomic E-state index is 13.1. The highest BCUT2D eigenvalue weighted by atomic mass is 32.1. The van der Waals surface area contributed by atoms with Gasteiger partial charge in [0.15, 0.2) is 0 Å². The molecule has 164 valence electrons. The van der Waals surface area contributed by atoms with Crippen LogP contribution in [0.25, 0.3) is 0 Å². The number of carbonyl (C=O) groups excluding carboxylic acids is 1. The number of nitrogens with one attached hydrogen (secondary N) is 1. The van der Waals surface area contributed by atoms with Gasteiger partial charge < -0.3 is 16.0 Å². The van der Waals surface area contributed by atoms with Crippen molar-refractivity contribution < 1.29 is 18.0 Å². The summed E-state index contributed by atoms with van der Waals surface area (Å²) in [7, 11) is 0. The largest absolute Gasteiger partial charge is 0.416 e. The molecule has 0 spiro atoms. The van der Waals surface area contributed by atoms with Crippen LogP contribution in [0.1, 0.15) is 35.7 Å². The van der Waals surface area contributed by atoms with Crippen molar-refractivity contribution in [2.45, 2.75) is 30.6 Å². The molecular formula is C23H19F3N4OS. The van der Waals surface area contributed by atoms with Crippen LogP contribution in [0.4, 0.5) is 29.5 Å². The van der Waals surface area contributed by atoms with E-state index in [1.165, 1.54) is 17.4 Å². The Morgan fingerprint density at radius 3 is 2.59 bits per heavy atom. The lowest BCUT2D eigenvalue weighted by Gasteiger charge is -2.29. The zero-order valence-corrected chi connectivity index (χ0v) is 17.6. The number of anilines is 2. The van der Waals surface area contributed by atoms with Crippen molar-refractivity contribution >= 4 is 40.0 Å². The van der Waals surface area contributed by atoms with E-state index in [1.807, 2.05) is 28.5 Å². The number of hydrogen-bond donors (Lipinski definition) is 2. The van der Waals surface area contributed by atoms with Gasteiger partial charge in [-0.2, -0.15) is 13.2 Å². The predicted molar refractivity (Wildman–Crippen MR) is 119 cm³/mol. The van der Waals surface area contributed by atoms with Gasteiger partial charge in [-0.25, -0.2) is 4.99 Å². The monoisotopic (exact) mass is 456 g/mol. The van der Waals surface area contributed by atoms with Gasteiger partial charge in [-0.15, -0.1) is 11.3 Å². The molecule has 5 rings (SSSR count). The molecule has 5 nitrogen and oxygen atoms in total. The van der Waals surface area contributed by atoms with Crippen LogP contribution in [-0.2, 0) is 16.4 Å². The molecule has 2 heterocycles. The molecule has 1 aliphatic heterocycles. The van der Waals surface area contributed by atoms with Crippen LogP contribution >= 0.6 is 11.3 Å². The van der Waals surface area contributed by atoms with Crippen molar-refractivity contribution in [3.8, 4) is 0 Å². The Bertz CT molecular complexity index is 1200. The number of rotatable bonds is 4. The number of fused-ring (bicyclic) bond motifs is 1. The number of aliphatic imine (C=N–C) groups is 1. The van der Waals surface area contributed by atoms with Crippen molar-refractivity contribution in [3.05, 3.63) is 76.7 Å². The Morgan fingerprint density at radius 2 is 1.91 bits per heavy atom. The first-order chi connectivity index (χ1) is 15.3. The molecule has 3 N–H and O–H groups in total. The number of halogens is 3. The zero-order chi connectivity index (χ0) is 22.5. The first kappa shape index (κ1) is 20.7. The molecule has 0 saturated heterocycles. The number of benzene rings is 2. The summed E-state index contributed by atoms with van der Waals surface area (Å²) in [5.41, 5.74) is 7.41. The van der Waals surface area contributed by atoms with Crippen LogP contribution in [0, 0.1) is 0 Å². The van der Waals surface area contributed by atoms with E-state index >= 15 is 0 Å². The summed E-state index contributed by atoms with van der Waals surface area (Å²) in [6.45, 7) is 0. The molecule has 2 aromatic carbocycles. The minimum Gasteiger partial charge on any atom is -0.325 e. The standard InChI is InChI=1S/C23H19F3N4OS/c24-23(25,26)15-3-1-2-14(12-15)22(9-10-22)21(31)29-16-4-6-17(7-5-16)30-13-28-20-18(19(30)27)8-11-32-20/h1-8,11-13,19H,9-10,27H2,(H,29,31). The highest BCUT2D eigenvalue weighted by Gasteiger charge is 2.51. The number of alkyl halides is 3. The molecule has 0 radical (unpaired) electrons. The normalized spacial score (nSPS) is 18.9. The number of thiophene rings is 1. The van der Waals surface area contributed by atoms with Crippen molar-refractivity contribution in [3.63, 3.8) is 0 Å². The van der Waals surface area contributed by atoms with Crippen LogP contribution in [0.5, 0.6) is 0 Å². The summed E-state index contributed by atoms with van der Waals surface area (Å²) in [5.74, 6) is -0.302. The molecule has 32 heavy (non-hydrogen) atoms. The van der Waals surface area contributed by atoms with Gasteiger partial charge in [0.05, 0.1) is 17.3 Å². The molecule has 1 aromatic heterocycles. The molecule has 1 saturated carbocycles. The number of amides is 1. The summed E-state index contributed by atoms with van der Waals surface area (Å²) >= 11 is 1.53. The summed E-state index contributed by atoms with van der Waals surface area (Å²) < 4.78 is 39.3. The van der Waals surface area contributed by atoms with E-state index in [4.69, 9.17) is 5.73 Å². The van der Waals surface area contributed by atoms with E-state index < -0.39 is 17.2 Å². The minimum absolute atomic E-state index is 0.302. The van der Waals surface area contributed by atoms with E-state index in [-0.39, 0.29) is 12.1 Å². The maximum Gasteiger partial charge on any atom is 0.416 e. The first-order valence-corrected chi connectivity index (χ1v) is 10.9. The van der Waals surface area contributed by atoms with Gasteiger partial charge in [-0.1, -0.05) is 18.2 Å². The number of carbonyl (C=O) groups is 1. The highest BCUT2D eigenvalue weighted by Crippen LogP contribution is 2.50. The van der Waals surface area contributed by atoms with E-state index in [0.717, 1.165) is 28.4 Å². The third-order valence-electron chi connectivity index (χ3n) is 5.94. The quantitative estimate of drug-likeness (QED) is 0.539. The SMILES string of the molecule is NC1c2ccsc2N=CN1c1ccc(NC(=O)C2(c3cccc(C(F)(F)F)c3)CC2)cc1. The van der Waals surface area contributed by atoms with Gasteiger partial charge in [-0.05, 0) is 60.2 Å². The number of hydrogen-bond acceptors (Lipinski definition) is 5. The van der Waals surface area contributed by atoms with Crippen LogP contribution in [-0.4, -0.2) is 12.2 Å². The van der Waals surface area contributed by atoms with E-state index in [2.05, 4.69) is 10.3 Å². The van der Waals surface area contributed by atoms with Crippen molar-refractivity contribution in [2.75, 3.05) is 10.2 Å². The van der Waals surface area contributed by atoms with Crippen LogP contribution in [0.2, 0.25) is 0 Å². The molecule has 3 aromatic rings. The fourth-order valence-corrected chi connectivity index (χ4v) is 4.71. The topological polar surface area (TPSA) is 70.7 Å². The maximum absolute atomic E-state index is 13.1. The fourth-order valence-electron chi connectivity index (χ4n) is 3.94. The Balaban J connectivity index is 1.32. The van der Waals surface area contributed by atoms with Crippen molar-refractivity contribution in [2.24, 2.45) is 10.7 Å². The van der Waals surface area contributed by atoms with E-state index in [9.17, 15) is 18.0 Å². The van der Waals surface area contributed by atoms with Gasteiger partial charge in [0.2, 0.25) is 5.91 Å². The average molecular weight is 456 g/mol. The first-order valence-electron chi connectivity index (χ1n) is 10.0. The number of nitrogens with two attached hydrogens (primary N) is 1. The smallest absolute Gasteiger partial charge is 0.325 e. The Kier molecular flexibility index (Phi) is 4.83. The van der Waals surface area contributed by atoms with Crippen molar-refractivity contribution in [1.29, 1.82) is 0 Å². The number of nitrogens with zero attached hydrogens (tertiary/aromatic N) is 2. The minimum atomic E-state index is -4.44. The molecule has 0 bridgehead atoms. The summed E-state index contributed by atoms with van der Waals surface area (Å²) in [6, 6.07) is 14.1. The van der Waals surface area contributed by atoms with Gasteiger partial charge in [0, 0.05) is 16.9 Å². The van der Waals surface area contributed by atoms with Gasteiger partial charge in [-0.3, -0.25) is 4.79 Å². The highest BCUT2D eigenvalue weighted by molar-refractivity contribution is 7.14. The molecule has 1 amide bonds. The van der Waals surface area contributed by atoms with Crippen LogP contribution in [0.15, 0.2) is 65.0 Å². The molecule has 9 heteroatoms. The lowest BCUT2D eigenvalue weighted by Crippen LogP contribution is -2.35.